The van der Waals surface area contributed by atoms with Gasteiger partial charge < -0.3 is 9.47 Å². The number of anilines is 1. The van der Waals surface area contributed by atoms with Gasteiger partial charge in [-0.1, -0.05) is 6.07 Å². The van der Waals surface area contributed by atoms with Crippen LogP contribution >= 0.6 is 0 Å². The minimum Gasteiger partial charge on any atom is -0.351 e. The topological polar surface area (TPSA) is 37.2 Å². The molecular weight excluding hydrogens is 298 g/mol. The van der Waals surface area contributed by atoms with E-state index in [0.29, 0.717) is 0 Å². The van der Waals surface area contributed by atoms with E-state index in [1.54, 1.807) is 0 Å². The van der Waals surface area contributed by atoms with Gasteiger partial charge in [0.15, 0.2) is 0 Å². The summed E-state index contributed by atoms with van der Waals surface area (Å²) in [5, 5.41) is 1.32. The molecule has 0 amide bonds. The molecule has 124 valence electrons. The molecule has 0 bridgehead atoms. The van der Waals surface area contributed by atoms with Crippen LogP contribution in [-0.4, -0.2) is 45.6 Å². The van der Waals surface area contributed by atoms with Crippen LogP contribution < -0.4 is 4.90 Å². The van der Waals surface area contributed by atoms with Crippen molar-refractivity contribution in [2.75, 3.05) is 31.1 Å². The Balaban J connectivity index is 1.43. The van der Waals surface area contributed by atoms with Crippen molar-refractivity contribution < 1.29 is 0 Å². The number of rotatable bonds is 3. The van der Waals surface area contributed by atoms with E-state index in [0.717, 1.165) is 45.1 Å². The lowest BCUT2D eigenvalue weighted by atomic mass is 10.1. The van der Waals surface area contributed by atoms with Gasteiger partial charge in [0.1, 0.15) is 0 Å². The highest BCUT2D eigenvalue weighted by Crippen LogP contribution is 2.19. The normalized spacial score (nSPS) is 16.5. The Kier molecular flexibility index (Phi) is 4.17. The molecule has 1 aliphatic heterocycles. The first kappa shape index (κ1) is 15.1. The van der Waals surface area contributed by atoms with Crippen LogP contribution in [0, 0.1) is 0 Å². The van der Waals surface area contributed by atoms with Crippen LogP contribution in [0.25, 0.3) is 10.9 Å². The van der Waals surface area contributed by atoms with Gasteiger partial charge in [-0.25, -0.2) is 9.97 Å². The molecular formula is C19H23N5. The summed E-state index contributed by atoms with van der Waals surface area (Å²) in [5.74, 6) is 0.852. The van der Waals surface area contributed by atoms with E-state index in [1.165, 1.54) is 16.5 Å². The summed E-state index contributed by atoms with van der Waals surface area (Å²) in [4.78, 5) is 13.6. The Labute approximate surface area is 142 Å². The van der Waals surface area contributed by atoms with Crippen LogP contribution in [0.15, 0.2) is 48.9 Å². The molecule has 24 heavy (non-hydrogen) atoms. The Morgan fingerprint density at radius 3 is 2.75 bits per heavy atom. The van der Waals surface area contributed by atoms with Crippen molar-refractivity contribution in [3.8, 4) is 0 Å². The molecule has 1 aliphatic rings. The number of benzene rings is 1. The quantitative estimate of drug-likeness (QED) is 0.743. The predicted molar refractivity (Wildman–Crippen MR) is 97.1 cm³/mol. The smallest absolute Gasteiger partial charge is 0.225 e. The second kappa shape index (κ2) is 6.61. The number of fused-ring (bicyclic) bond motifs is 1. The molecule has 0 spiro atoms. The third kappa shape index (κ3) is 3.12. The minimum absolute atomic E-state index is 0.852. The summed E-state index contributed by atoms with van der Waals surface area (Å²) >= 11 is 0. The summed E-state index contributed by atoms with van der Waals surface area (Å²) in [6.07, 6.45) is 6.91. The molecule has 1 saturated heterocycles. The van der Waals surface area contributed by atoms with E-state index >= 15 is 0 Å². The van der Waals surface area contributed by atoms with Crippen LogP contribution in [0.4, 0.5) is 5.95 Å². The summed E-state index contributed by atoms with van der Waals surface area (Å²) in [6.45, 7) is 5.19. The van der Waals surface area contributed by atoms with Gasteiger partial charge in [0.2, 0.25) is 5.95 Å². The first-order valence-corrected chi connectivity index (χ1v) is 8.58. The average Bonchev–Trinajstić information content (AvgIpc) is 2.83. The van der Waals surface area contributed by atoms with Crippen molar-refractivity contribution in [3.63, 3.8) is 0 Å². The zero-order chi connectivity index (χ0) is 16.4. The van der Waals surface area contributed by atoms with Gasteiger partial charge in [-0.3, -0.25) is 4.90 Å². The van der Waals surface area contributed by atoms with E-state index in [4.69, 9.17) is 0 Å². The molecule has 0 atom stereocenters. The summed E-state index contributed by atoms with van der Waals surface area (Å²) in [6, 6.07) is 10.9. The molecule has 3 aromatic rings. The molecule has 3 heterocycles. The van der Waals surface area contributed by atoms with Gasteiger partial charge in [0, 0.05) is 63.9 Å². The van der Waals surface area contributed by atoms with Gasteiger partial charge in [-0.15, -0.1) is 0 Å². The Hall–Kier alpha value is -2.40. The fraction of sp³-hybridized carbons (Fsp3) is 0.368. The Morgan fingerprint density at radius 1 is 1.00 bits per heavy atom. The first-order valence-electron chi connectivity index (χ1n) is 8.58. The van der Waals surface area contributed by atoms with Gasteiger partial charge in [0.25, 0.3) is 0 Å². The highest BCUT2D eigenvalue weighted by Gasteiger charge is 2.17. The van der Waals surface area contributed by atoms with Crippen molar-refractivity contribution in [2.45, 2.75) is 13.0 Å². The molecule has 5 nitrogen and oxygen atoms in total. The standard InChI is InChI=1S/C19H23N5/c1-22-11-6-17-14-16(4-5-18(17)22)15-23-9-3-10-24(13-12-23)19-20-7-2-8-21-19/h2,4-8,11,14H,3,9-10,12-13,15H2,1H3. The lowest BCUT2D eigenvalue weighted by Crippen LogP contribution is -2.31. The van der Waals surface area contributed by atoms with E-state index in [9.17, 15) is 0 Å². The molecule has 2 aromatic heterocycles. The lowest BCUT2D eigenvalue weighted by Gasteiger charge is -2.22. The van der Waals surface area contributed by atoms with Crippen molar-refractivity contribution in [3.05, 3.63) is 54.5 Å². The van der Waals surface area contributed by atoms with Crippen molar-refractivity contribution in [1.29, 1.82) is 0 Å². The van der Waals surface area contributed by atoms with Crippen LogP contribution in [0.5, 0.6) is 0 Å². The zero-order valence-electron chi connectivity index (χ0n) is 14.1. The monoisotopic (exact) mass is 321 g/mol. The minimum atomic E-state index is 0.852. The van der Waals surface area contributed by atoms with E-state index in [2.05, 4.69) is 61.8 Å². The fourth-order valence-corrected chi connectivity index (χ4v) is 3.47. The number of aryl methyl sites for hydroxylation is 1. The summed E-state index contributed by atoms with van der Waals surface area (Å²) in [5.41, 5.74) is 2.68. The summed E-state index contributed by atoms with van der Waals surface area (Å²) in [7, 11) is 2.09. The maximum absolute atomic E-state index is 4.38. The number of aromatic nitrogens is 3. The molecule has 1 aromatic carbocycles. The molecule has 0 unspecified atom stereocenters. The first-order chi connectivity index (χ1) is 11.8. The van der Waals surface area contributed by atoms with Crippen molar-refractivity contribution in [2.24, 2.45) is 7.05 Å². The van der Waals surface area contributed by atoms with Crippen LogP contribution in [-0.2, 0) is 13.6 Å². The van der Waals surface area contributed by atoms with Gasteiger partial charge in [0.05, 0.1) is 0 Å². The van der Waals surface area contributed by atoms with Crippen LogP contribution in [0.1, 0.15) is 12.0 Å². The molecule has 0 radical (unpaired) electrons. The number of hydrogen-bond acceptors (Lipinski definition) is 4. The third-order valence-corrected chi connectivity index (χ3v) is 4.78. The van der Waals surface area contributed by atoms with Gasteiger partial charge >= 0.3 is 0 Å². The molecule has 0 saturated carbocycles. The zero-order valence-corrected chi connectivity index (χ0v) is 14.1. The van der Waals surface area contributed by atoms with Gasteiger partial charge in [-0.05, 0) is 41.6 Å². The highest BCUT2D eigenvalue weighted by atomic mass is 15.3. The van der Waals surface area contributed by atoms with E-state index in [1.807, 2.05) is 18.5 Å². The Morgan fingerprint density at radius 2 is 1.88 bits per heavy atom. The second-order valence-corrected chi connectivity index (χ2v) is 6.49. The van der Waals surface area contributed by atoms with Crippen molar-refractivity contribution >= 4 is 16.9 Å². The fourth-order valence-electron chi connectivity index (χ4n) is 3.47. The maximum Gasteiger partial charge on any atom is 0.225 e. The second-order valence-electron chi connectivity index (χ2n) is 6.49. The molecule has 1 fully saturated rings. The lowest BCUT2D eigenvalue weighted by molar-refractivity contribution is 0.285. The van der Waals surface area contributed by atoms with Crippen LogP contribution in [0.3, 0.4) is 0 Å². The maximum atomic E-state index is 4.38. The Bertz CT molecular complexity index is 811. The predicted octanol–water partition coefficient (Wildman–Crippen LogP) is 2.68. The largest absolute Gasteiger partial charge is 0.351 e. The molecule has 4 rings (SSSR count). The molecule has 0 aliphatic carbocycles. The summed E-state index contributed by atoms with van der Waals surface area (Å²) < 4.78 is 2.17. The molecule has 0 N–H and O–H groups in total. The average molecular weight is 321 g/mol. The number of hydrogen-bond donors (Lipinski definition) is 0. The number of nitrogens with zero attached hydrogens (tertiary/aromatic N) is 5. The van der Waals surface area contributed by atoms with E-state index < -0.39 is 0 Å². The third-order valence-electron chi connectivity index (χ3n) is 4.78. The van der Waals surface area contributed by atoms with Gasteiger partial charge in [-0.2, -0.15) is 0 Å². The van der Waals surface area contributed by atoms with Crippen molar-refractivity contribution in [1.82, 2.24) is 19.4 Å². The highest BCUT2D eigenvalue weighted by molar-refractivity contribution is 5.80. The van der Waals surface area contributed by atoms with Crippen LogP contribution in [0.2, 0.25) is 0 Å². The van der Waals surface area contributed by atoms with E-state index in [-0.39, 0.29) is 0 Å². The SMILES string of the molecule is Cn1ccc2cc(CN3CCCN(c4ncccn4)CC3)ccc21. The molecule has 5 heteroatoms.